The summed E-state index contributed by atoms with van der Waals surface area (Å²) in [6.45, 7) is 5.38. The zero-order valence-electron chi connectivity index (χ0n) is 14.7. The van der Waals surface area contributed by atoms with Gasteiger partial charge in [0.05, 0.1) is 0 Å². The third-order valence-corrected chi connectivity index (χ3v) is 5.27. The number of carbonyl (C=O) groups excluding carboxylic acids is 1. The van der Waals surface area contributed by atoms with Crippen molar-refractivity contribution in [2.45, 2.75) is 32.6 Å². The fourth-order valence-corrected chi connectivity index (χ4v) is 3.50. The van der Waals surface area contributed by atoms with Gasteiger partial charge in [-0.05, 0) is 74.7 Å². The van der Waals surface area contributed by atoms with Crippen molar-refractivity contribution in [3.8, 4) is 0 Å². The number of likely N-dealkylation sites (tertiary alicyclic amines) is 1. The minimum Gasteiger partial charge on any atom is -0.322 e. The van der Waals surface area contributed by atoms with E-state index in [1.54, 1.807) is 18.2 Å². The van der Waals surface area contributed by atoms with Gasteiger partial charge in [0, 0.05) is 22.8 Å². The van der Waals surface area contributed by atoms with E-state index in [9.17, 15) is 4.79 Å². The van der Waals surface area contributed by atoms with Gasteiger partial charge in [-0.25, -0.2) is 0 Å². The maximum Gasteiger partial charge on any atom is 0.255 e. The van der Waals surface area contributed by atoms with Crippen molar-refractivity contribution in [3.63, 3.8) is 0 Å². The van der Waals surface area contributed by atoms with Crippen LogP contribution in [0.2, 0.25) is 5.02 Å². The molecule has 1 N–H and O–H groups in total. The van der Waals surface area contributed by atoms with E-state index in [2.05, 4.69) is 22.3 Å². The normalized spacial score (nSPS) is 15.1. The van der Waals surface area contributed by atoms with Crippen LogP contribution in [0, 0.1) is 6.92 Å². The van der Waals surface area contributed by atoms with Crippen LogP contribution < -0.4 is 5.32 Å². The van der Waals surface area contributed by atoms with Crippen molar-refractivity contribution in [3.05, 3.63) is 64.2 Å². The monoisotopic (exact) mass is 356 g/mol. The summed E-state index contributed by atoms with van der Waals surface area (Å²) in [5, 5.41) is 3.61. The number of hydrogen-bond donors (Lipinski definition) is 1. The Kier molecular flexibility index (Phi) is 6.11. The van der Waals surface area contributed by atoms with Gasteiger partial charge in [-0.15, -0.1) is 0 Å². The first-order chi connectivity index (χ1) is 12.1. The second-order valence-electron chi connectivity index (χ2n) is 6.72. The largest absolute Gasteiger partial charge is 0.322 e. The maximum atomic E-state index is 12.5. The smallest absolute Gasteiger partial charge is 0.255 e. The Labute approximate surface area is 155 Å². The molecule has 0 atom stereocenters. The van der Waals surface area contributed by atoms with E-state index in [0.29, 0.717) is 10.6 Å². The lowest BCUT2D eigenvalue weighted by Crippen LogP contribution is -2.31. The molecule has 0 aliphatic carbocycles. The van der Waals surface area contributed by atoms with Crippen LogP contribution in [-0.4, -0.2) is 30.4 Å². The number of piperidine rings is 1. The van der Waals surface area contributed by atoms with Crippen LogP contribution in [0.3, 0.4) is 0 Å². The van der Waals surface area contributed by atoms with Gasteiger partial charge < -0.3 is 10.2 Å². The molecular weight excluding hydrogens is 332 g/mol. The van der Waals surface area contributed by atoms with Crippen molar-refractivity contribution in [2.75, 3.05) is 25.0 Å². The first kappa shape index (κ1) is 18.0. The summed E-state index contributed by atoms with van der Waals surface area (Å²) in [4.78, 5) is 15.1. The lowest BCUT2D eigenvalue weighted by Gasteiger charge is -2.26. The zero-order valence-corrected chi connectivity index (χ0v) is 15.5. The molecule has 25 heavy (non-hydrogen) atoms. The van der Waals surface area contributed by atoms with Crippen LogP contribution in [-0.2, 0) is 6.42 Å². The third-order valence-electron chi connectivity index (χ3n) is 4.86. The molecule has 2 aromatic rings. The molecule has 0 aromatic heterocycles. The van der Waals surface area contributed by atoms with Gasteiger partial charge in [-0.1, -0.05) is 36.2 Å². The molecule has 3 nitrogen and oxygen atoms in total. The van der Waals surface area contributed by atoms with Gasteiger partial charge in [0.15, 0.2) is 0 Å². The molecule has 3 rings (SSSR count). The minimum atomic E-state index is -0.117. The van der Waals surface area contributed by atoms with E-state index in [1.165, 1.54) is 37.9 Å². The Morgan fingerprint density at radius 3 is 2.68 bits per heavy atom. The molecule has 2 aromatic carbocycles. The minimum absolute atomic E-state index is 0.117. The molecule has 1 aliphatic heterocycles. The molecule has 0 saturated carbocycles. The Bertz CT molecular complexity index is 738. The van der Waals surface area contributed by atoms with E-state index in [4.69, 9.17) is 11.6 Å². The van der Waals surface area contributed by atoms with E-state index in [0.717, 1.165) is 24.2 Å². The van der Waals surface area contributed by atoms with Crippen molar-refractivity contribution in [1.29, 1.82) is 0 Å². The highest BCUT2D eigenvalue weighted by atomic mass is 35.5. The molecule has 0 spiro atoms. The lowest BCUT2D eigenvalue weighted by atomic mass is 10.1. The van der Waals surface area contributed by atoms with Gasteiger partial charge >= 0.3 is 0 Å². The average molecular weight is 357 g/mol. The highest BCUT2D eigenvalue weighted by molar-refractivity contribution is 6.32. The number of benzene rings is 2. The molecule has 132 valence electrons. The van der Waals surface area contributed by atoms with Crippen molar-refractivity contribution >= 4 is 23.2 Å². The number of nitrogens with zero attached hydrogens (tertiary/aromatic N) is 1. The summed E-state index contributed by atoms with van der Waals surface area (Å²) in [5.41, 5.74) is 3.51. The summed E-state index contributed by atoms with van der Waals surface area (Å²) in [6, 6.07) is 13.5. The predicted octanol–water partition coefficient (Wildman–Crippen LogP) is 4.93. The number of nitrogens with one attached hydrogen (secondary N) is 1. The number of anilines is 1. The predicted molar refractivity (Wildman–Crippen MR) is 105 cm³/mol. The molecule has 1 amide bonds. The van der Waals surface area contributed by atoms with Crippen molar-refractivity contribution < 1.29 is 4.79 Å². The Balaban J connectivity index is 1.63. The molecule has 4 heteroatoms. The zero-order chi connectivity index (χ0) is 17.6. The van der Waals surface area contributed by atoms with Crippen LogP contribution >= 0.6 is 11.6 Å². The van der Waals surface area contributed by atoms with Crippen molar-refractivity contribution in [1.82, 2.24) is 4.90 Å². The van der Waals surface area contributed by atoms with Crippen LogP contribution in [0.25, 0.3) is 0 Å². The van der Waals surface area contributed by atoms with Crippen molar-refractivity contribution in [2.24, 2.45) is 0 Å². The van der Waals surface area contributed by atoms with Gasteiger partial charge in [0.25, 0.3) is 5.91 Å². The Morgan fingerprint density at radius 2 is 1.88 bits per heavy atom. The average Bonchev–Trinajstić information content (AvgIpc) is 2.63. The number of amides is 1. The summed E-state index contributed by atoms with van der Waals surface area (Å²) >= 11 is 6.12. The van der Waals surface area contributed by atoms with E-state index >= 15 is 0 Å². The topological polar surface area (TPSA) is 32.3 Å². The van der Waals surface area contributed by atoms with Gasteiger partial charge in [-0.3, -0.25) is 4.79 Å². The molecule has 0 bridgehead atoms. The quantitative estimate of drug-likeness (QED) is 0.823. The highest BCUT2D eigenvalue weighted by Crippen LogP contribution is 2.20. The molecule has 1 saturated heterocycles. The maximum absolute atomic E-state index is 12.5. The fourth-order valence-electron chi connectivity index (χ4n) is 3.33. The fraction of sp³-hybridized carbons (Fsp3) is 0.381. The standard InChI is InChI=1S/C21H25ClN2O/c1-16-19(9-6-10-20(16)22)21(25)23-18-8-5-7-17(15-18)11-14-24-12-3-2-4-13-24/h5-10,15H,2-4,11-14H2,1H3,(H,23,25). The number of halogens is 1. The first-order valence-electron chi connectivity index (χ1n) is 9.01. The Morgan fingerprint density at radius 1 is 1.12 bits per heavy atom. The molecule has 1 heterocycles. The summed E-state index contributed by atoms with van der Waals surface area (Å²) in [5.74, 6) is -0.117. The lowest BCUT2D eigenvalue weighted by molar-refractivity contribution is 0.102. The van der Waals surface area contributed by atoms with E-state index in [1.807, 2.05) is 19.1 Å². The number of carbonyl (C=O) groups is 1. The molecular formula is C21H25ClN2O. The van der Waals surface area contributed by atoms with Gasteiger partial charge in [-0.2, -0.15) is 0 Å². The molecule has 0 radical (unpaired) electrons. The van der Waals surface area contributed by atoms with Crippen LogP contribution in [0.5, 0.6) is 0 Å². The van der Waals surface area contributed by atoms with Crippen LogP contribution in [0.15, 0.2) is 42.5 Å². The van der Waals surface area contributed by atoms with E-state index < -0.39 is 0 Å². The SMILES string of the molecule is Cc1c(Cl)cccc1C(=O)Nc1cccc(CCN2CCCCC2)c1. The molecule has 0 unspecified atom stereocenters. The van der Waals surface area contributed by atoms with Crippen LogP contribution in [0.4, 0.5) is 5.69 Å². The Hall–Kier alpha value is -1.84. The number of hydrogen-bond acceptors (Lipinski definition) is 2. The molecule has 1 aliphatic rings. The summed E-state index contributed by atoms with van der Waals surface area (Å²) in [7, 11) is 0. The summed E-state index contributed by atoms with van der Waals surface area (Å²) < 4.78 is 0. The third kappa shape index (κ3) is 4.83. The highest BCUT2D eigenvalue weighted by Gasteiger charge is 2.12. The number of rotatable bonds is 5. The van der Waals surface area contributed by atoms with Crippen LogP contribution in [0.1, 0.15) is 40.7 Å². The summed E-state index contributed by atoms with van der Waals surface area (Å²) in [6.07, 6.45) is 5.00. The second kappa shape index (κ2) is 8.50. The molecule has 1 fully saturated rings. The van der Waals surface area contributed by atoms with E-state index in [-0.39, 0.29) is 5.91 Å². The van der Waals surface area contributed by atoms with Gasteiger partial charge in [0.2, 0.25) is 0 Å². The first-order valence-corrected chi connectivity index (χ1v) is 9.39. The van der Waals surface area contributed by atoms with Gasteiger partial charge in [0.1, 0.15) is 0 Å². The second-order valence-corrected chi connectivity index (χ2v) is 7.13.